The number of amides is 2. The second-order valence-corrected chi connectivity index (χ2v) is 9.48. The maximum Gasteiger partial charge on any atom is 0.251 e. The van der Waals surface area contributed by atoms with Crippen molar-refractivity contribution in [3.8, 4) is 16.2 Å². The van der Waals surface area contributed by atoms with Gasteiger partial charge in [-0.05, 0) is 53.3 Å². The number of hydrogen-bond donors (Lipinski definition) is 2. The first-order chi connectivity index (χ1) is 16.5. The molecule has 5 rings (SSSR count). The van der Waals surface area contributed by atoms with E-state index in [1.165, 1.54) is 4.90 Å². The lowest BCUT2D eigenvalue weighted by Gasteiger charge is -2.27. The van der Waals surface area contributed by atoms with Crippen molar-refractivity contribution in [1.82, 2.24) is 10.2 Å². The first-order valence-electron chi connectivity index (χ1n) is 11.2. The van der Waals surface area contributed by atoms with E-state index in [2.05, 4.69) is 5.32 Å². The lowest BCUT2D eigenvalue weighted by atomic mass is 10.0. The van der Waals surface area contributed by atoms with Crippen molar-refractivity contribution in [2.45, 2.75) is 31.0 Å². The standard InChI is InChI=1S/C26H24N2O5S/c29-19-4-1-3-16(13-19)14-20(26(32)28-11-10-22-24(28)21(30)15-33-22)27-25(31)18-8-6-17(7-9-18)23-5-2-12-34-23/h1-9,12-13,20,22,24,29H,10-11,14-15H2,(H,27,31)/t20-,22+,24+/m0/s1. The highest BCUT2D eigenvalue weighted by Gasteiger charge is 2.48. The molecule has 0 unspecified atom stereocenters. The van der Waals surface area contributed by atoms with E-state index >= 15 is 0 Å². The maximum atomic E-state index is 13.5. The lowest BCUT2D eigenvalue weighted by molar-refractivity contribution is -0.138. The molecule has 3 aromatic rings. The molecule has 0 radical (unpaired) electrons. The summed E-state index contributed by atoms with van der Waals surface area (Å²) in [6.45, 7) is 0.418. The molecule has 2 amide bonds. The highest BCUT2D eigenvalue weighted by atomic mass is 32.1. The maximum absolute atomic E-state index is 13.5. The predicted molar refractivity (Wildman–Crippen MR) is 128 cm³/mol. The summed E-state index contributed by atoms with van der Waals surface area (Å²) in [7, 11) is 0. The Hall–Kier alpha value is -3.49. The van der Waals surface area contributed by atoms with Crippen LogP contribution in [0.5, 0.6) is 5.75 Å². The van der Waals surface area contributed by atoms with Gasteiger partial charge in [0.05, 0.1) is 6.10 Å². The number of aromatic hydroxyl groups is 1. The summed E-state index contributed by atoms with van der Waals surface area (Å²) < 4.78 is 5.51. The number of phenolic OH excluding ortho intramolecular Hbond substituents is 1. The van der Waals surface area contributed by atoms with Crippen LogP contribution in [0.15, 0.2) is 66.0 Å². The van der Waals surface area contributed by atoms with Crippen molar-refractivity contribution in [1.29, 1.82) is 0 Å². The number of benzene rings is 2. The van der Waals surface area contributed by atoms with Crippen molar-refractivity contribution in [3.63, 3.8) is 0 Å². The number of rotatable bonds is 6. The Morgan fingerprint density at radius 3 is 2.71 bits per heavy atom. The number of likely N-dealkylation sites (tertiary alicyclic amines) is 1. The van der Waals surface area contributed by atoms with Gasteiger partial charge < -0.3 is 20.1 Å². The summed E-state index contributed by atoms with van der Waals surface area (Å²) >= 11 is 1.62. The number of ether oxygens (including phenoxy) is 1. The van der Waals surface area contributed by atoms with Gasteiger partial charge >= 0.3 is 0 Å². The SMILES string of the molecule is O=C(N[C@@H](Cc1cccc(O)c1)C(=O)N1CC[C@H]2OCC(=O)[C@H]21)c1ccc(-c2cccs2)cc1. The Morgan fingerprint density at radius 2 is 1.97 bits per heavy atom. The molecule has 3 atom stereocenters. The van der Waals surface area contributed by atoms with Crippen molar-refractivity contribution in [2.75, 3.05) is 13.2 Å². The Bertz CT molecular complexity index is 1210. The van der Waals surface area contributed by atoms with Gasteiger partial charge in [0, 0.05) is 23.4 Å². The van der Waals surface area contributed by atoms with E-state index in [4.69, 9.17) is 4.74 Å². The number of Topliss-reactive ketones (excluding diaryl/α,β-unsaturated/α-hetero) is 1. The first-order valence-corrected chi connectivity index (χ1v) is 12.0. The number of nitrogens with one attached hydrogen (secondary N) is 1. The molecule has 2 fully saturated rings. The van der Waals surface area contributed by atoms with Gasteiger partial charge in [0.2, 0.25) is 5.91 Å². The Labute approximate surface area is 201 Å². The fraction of sp³-hybridized carbons (Fsp3) is 0.269. The lowest BCUT2D eigenvalue weighted by Crippen LogP contribution is -2.53. The molecule has 2 saturated heterocycles. The molecule has 2 aliphatic rings. The average molecular weight is 477 g/mol. The van der Waals surface area contributed by atoms with E-state index in [9.17, 15) is 19.5 Å². The molecule has 1 aromatic heterocycles. The zero-order valence-corrected chi connectivity index (χ0v) is 19.2. The number of phenols is 1. The summed E-state index contributed by atoms with van der Waals surface area (Å²) in [5.41, 5.74) is 2.16. The summed E-state index contributed by atoms with van der Waals surface area (Å²) in [6, 6.07) is 16.3. The minimum atomic E-state index is -0.890. The zero-order chi connectivity index (χ0) is 23.7. The van der Waals surface area contributed by atoms with Crippen LogP contribution in [0.1, 0.15) is 22.3 Å². The number of thiophene rings is 1. The largest absolute Gasteiger partial charge is 0.508 e. The van der Waals surface area contributed by atoms with Crippen LogP contribution in [-0.4, -0.2) is 58.9 Å². The number of carbonyl (C=O) groups is 3. The number of ketones is 1. The van der Waals surface area contributed by atoms with Crippen LogP contribution in [0.25, 0.3) is 10.4 Å². The zero-order valence-electron chi connectivity index (χ0n) is 18.3. The van der Waals surface area contributed by atoms with E-state index in [-0.39, 0.29) is 42.5 Å². The second kappa shape index (κ2) is 9.40. The number of carbonyl (C=O) groups excluding carboxylic acids is 3. The molecular weight excluding hydrogens is 452 g/mol. The molecule has 0 aliphatic carbocycles. The Kier molecular flexibility index (Phi) is 6.17. The first kappa shape index (κ1) is 22.3. The van der Waals surface area contributed by atoms with Gasteiger partial charge in [-0.2, -0.15) is 0 Å². The van der Waals surface area contributed by atoms with Crippen molar-refractivity contribution < 1.29 is 24.2 Å². The smallest absolute Gasteiger partial charge is 0.251 e. The quantitative estimate of drug-likeness (QED) is 0.570. The third kappa shape index (κ3) is 4.47. The minimum absolute atomic E-state index is 0.0132. The highest BCUT2D eigenvalue weighted by Crippen LogP contribution is 2.28. The van der Waals surface area contributed by atoms with E-state index in [1.807, 2.05) is 29.6 Å². The molecule has 3 heterocycles. The molecule has 34 heavy (non-hydrogen) atoms. The van der Waals surface area contributed by atoms with Crippen LogP contribution >= 0.6 is 11.3 Å². The average Bonchev–Trinajstić information content (AvgIpc) is 3.58. The molecule has 0 saturated carbocycles. The molecular formula is C26H24N2O5S. The van der Waals surface area contributed by atoms with E-state index in [1.54, 1.807) is 47.7 Å². The highest BCUT2D eigenvalue weighted by molar-refractivity contribution is 7.13. The number of nitrogens with zero attached hydrogens (tertiary/aromatic N) is 1. The number of hydrogen-bond acceptors (Lipinski definition) is 6. The van der Waals surface area contributed by atoms with Crippen molar-refractivity contribution in [3.05, 3.63) is 77.2 Å². The summed E-state index contributed by atoms with van der Waals surface area (Å²) in [5, 5.41) is 14.7. The second-order valence-electron chi connectivity index (χ2n) is 8.54. The van der Waals surface area contributed by atoms with E-state index < -0.39 is 12.1 Å². The fourth-order valence-corrected chi connectivity index (χ4v) is 5.36. The van der Waals surface area contributed by atoms with E-state index in [0.717, 1.165) is 10.4 Å². The van der Waals surface area contributed by atoms with Crippen LogP contribution < -0.4 is 5.32 Å². The van der Waals surface area contributed by atoms with Crippen molar-refractivity contribution in [2.24, 2.45) is 0 Å². The molecule has 2 aliphatic heterocycles. The van der Waals surface area contributed by atoms with Crippen LogP contribution in [0, 0.1) is 0 Å². The molecule has 0 spiro atoms. The molecule has 2 N–H and O–H groups in total. The summed E-state index contributed by atoms with van der Waals surface area (Å²) in [4.78, 5) is 41.6. The van der Waals surface area contributed by atoms with Gasteiger partial charge in [0.15, 0.2) is 5.78 Å². The van der Waals surface area contributed by atoms with Gasteiger partial charge in [0.1, 0.15) is 24.4 Å². The van der Waals surface area contributed by atoms with Gasteiger partial charge in [-0.1, -0.05) is 30.3 Å². The number of fused-ring (bicyclic) bond motifs is 1. The van der Waals surface area contributed by atoms with Crippen LogP contribution in [0.2, 0.25) is 0 Å². The minimum Gasteiger partial charge on any atom is -0.508 e. The predicted octanol–water partition coefficient (Wildman–Crippen LogP) is 3.03. The van der Waals surface area contributed by atoms with Crippen molar-refractivity contribution >= 4 is 28.9 Å². The monoisotopic (exact) mass is 476 g/mol. The fourth-order valence-electron chi connectivity index (χ4n) is 4.63. The molecule has 8 heteroatoms. The third-order valence-electron chi connectivity index (χ3n) is 6.30. The molecule has 2 aromatic carbocycles. The summed E-state index contributed by atoms with van der Waals surface area (Å²) in [6.07, 6.45) is 0.507. The summed E-state index contributed by atoms with van der Waals surface area (Å²) in [5.74, 6) is -0.721. The topological polar surface area (TPSA) is 95.9 Å². The van der Waals surface area contributed by atoms with Gasteiger partial charge in [0.25, 0.3) is 5.91 Å². The molecule has 7 nitrogen and oxygen atoms in total. The van der Waals surface area contributed by atoms with Gasteiger partial charge in [-0.25, -0.2) is 0 Å². The molecule has 0 bridgehead atoms. The Morgan fingerprint density at radius 1 is 1.15 bits per heavy atom. The van der Waals surface area contributed by atoms with Gasteiger partial charge in [-0.15, -0.1) is 11.3 Å². The van der Waals surface area contributed by atoms with Crippen LogP contribution in [0.4, 0.5) is 0 Å². The van der Waals surface area contributed by atoms with Gasteiger partial charge in [-0.3, -0.25) is 14.4 Å². The normalized spacial score (nSPS) is 20.2. The van der Waals surface area contributed by atoms with Crippen LogP contribution in [-0.2, 0) is 20.7 Å². The van der Waals surface area contributed by atoms with Crippen LogP contribution in [0.3, 0.4) is 0 Å². The van der Waals surface area contributed by atoms with E-state index in [0.29, 0.717) is 24.1 Å². The molecule has 174 valence electrons. The third-order valence-corrected chi connectivity index (χ3v) is 7.22. The Balaban J connectivity index is 1.37.